The zero-order chi connectivity index (χ0) is 21.8. The third kappa shape index (κ3) is 4.43. The van der Waals surface area contributed by atoms with Crippen LogP contribution in [0.2, 0.25) is 0 Å². The number of hydrogen-bond acceptors (Lipinski definition) is 7. The second kappa shape index (κ2) is 9.13. The van der Waals surface area contributed by atoms with E-state index in [4.69, 9.17) is 0 Å². The van der Waals surface area contributed by atoms with Crippen LogP contribution >= 0.6 is 23.1 Å². The number of aromatic nitrogens is 5. The monoisotopic (exact) mass is 456 g/mol. The molecule has 0 bridgehead atoms. The average Bonchev–Trinajstić information content (AvgIpc) is 3.52. The molecule has 0 aliphatic carbocycles. The van der Waals surface area contributed by atoms with Crippen molar-refractivity contribution in [2.24, 2.45) is 0 Å². The summed E-state index contributed by atoms with van der Waals surface area (Å²) in [5, 5.41) is 15.5. The van der Waals surface area contributed by atoms with Gasteiger partial charge in [0.2, 0.25) is 0 Å². The maximum absolute atomic E-state index is 13.2. The summed E-state index contributed by atoms with van der Waals surface area (Å²) in [6.07, 6.45) is 5.14. The molecule has 3 heterocycles. The Labute approximate surface area is 192 Å². The van der Waals surface area contributed by atoms with E-state index in [0.717, 1.165) is 20.5 Å². The van der Waals surface area contributed by atoms with E-state index in [-0.39, 0.29) is 5.91 Å². The molecule has 156 valence electrons. The van der Waals surface area contributed by atoms with Gasteiger partial charge in [0.25, 0.3) is 5.91 Å². The molecule has 0 radical (unpaired) electrons. The van der Waals surface area contributed by atoms with Gasteiger partial charge in [0.15, 0.2) is 4.34 Å². The summed E-state index contributed by atoms with van der Waals surface area (Å²) >= 11 is 3.02. The van der Waals surface area contributed by atoms with Crippen molar-refractivity contribution in [3.05, 3.63) is 96.4 Å². The first-order valence-corrected chi connectivity index (χ1v) is 11.4. The highest BCUT2D eigenvalue weighted by atomic mass is 32.2. The van der Waals surface area contributed by atoms with E-state index in [1.165, 1.54) is 23.1 Å². The minimum atomic E-state index is -0.240. The number of amides is 1. The Morgan fingerprint density at radius 2 is 1.84 bits per heavy atom. The summed E-state index contributed by atoms with van der Waals surface area (Å²) in [6.45, 7) is 0. The molecule has 7 nitrogen and oxygen atoms in total. The van der Waals surface area contributed by atoms with Crippen molar-refractivity contribution >= 4 is 34.7 Å². The lowest BCUT2D eigenvalue weighted by atomic mass is 10.1. The third-order valence-electron chi connectivity index (χ3n) is 4.57. The van der Waals surface area contributed by atoms with E-state index >= 15 is 0 Å². The van der Waals surface area contributed by atoms with Crippen LogP contribution in [-0.4, -0.2) is 30.9 Å². The molecule has 0 aliphatic heterocycles. The first-order chi connectivity index (χ1) is 15.8. The second-order valence-electron chi connectivity index (χ2n) is 6.70. The van der Waals surface area contributed by atoms with E-state index in [2.05, 4.69) is 25.6 Å². The molecular formula is C23H16N6OS2. The largest absolute Gasteiger partial charge is 0.322 e. The molecule has 0 aliphatic rings. The molecule has 32 heavy (non-hydrogen) atoms. The molecule has 1 N–H and O–H groups in total. The van der Waals surface area contributed by atoms with Gasteiger partial charge >= 0.3 is 0 Å². The van der Waals surface area contributed by atoms with Crippen LogP contribution in [0, 0.1) is 0 Å². The molecule has 3 aromatic heterocycles. The maximum Gasteiger partial charge on any atom is 0.259 e. The molecule has 0 unspecified atom stereocenters. The van der Waals surface area contributed by atoms with E-state index in [0.29, 0.717) is 16.9 Å². The fourth-order valence-corrected chi connectivity index (χ4v) is 4.53. The van der Waals surface area contributed by atoms with E-state index < -0.39 is 0 Å². The Hall–Kier alpha value is -3.82. The smallest absolute Gasteiger partial charge is 0.259 e. The standard InChI is InChI=1S/C23H16N6OS2/c30-22(26-17-8-10-19(11-9-17)32-23-27-25-15-31-23)20-14-29(18-6-2-1-3-7-18)28-21(20)16-5-4-12-24-13-16/h1-15H,(H,26,30). The molecule has 0 fully saturated rings. The number of para-hydroxylation sites is 1. The minimum absolute atomic E-state index is 0.240. The van der Waals surface area contributed by atoms with E-state index in [9.17, 15) is 4.79 Å². The lowest BCUT2D eigenvalue weighted by Crippen LogP contribution is -2.12. The van der Waals surface area contributed by atoms with Crippen molar-refractivity contribution < 1.29 is 4.79 Å². The quantitative estimate of drug-likeness (QED) is 0.378. The van der Waals surface area contributed by atoms with Crippen molar-refractivity contribution in [2.75, 3.05) is 5.32 Å². The SMILES string of the molecule is O=C(Nc1ccc(Sc2nncs2)cc1)c1cn(-c2ccccc2)nc1-c1cccnc1. The van der Waals surface area contributed by atoms with Crippen LogP contribution in [0.1, 0.15) is 10.4 Å². The molecule has 0 saturated heterocycles. The highest BCUT2D eigenvalue weighted by Gasteiger charge is 2.19. The van der Waals surface area contributed by atoms with Crippen molar-refractivity contribution in [3.63, 3.8) is 0 Å². The maximum atomic E-state index is 13.2. The Morgan fingerprint density at radius 3 is 2.56 bits per heavy atom. The Bertz CT molecular complexity index is 1320. The fraction of sp³-hybridized carbons (Fsp3) is 0. The number of pyridine rings is 1. The molecular weight excluding hydrogens is 440 g/mol. The Morgan fingerprint density at radius 1 is 1.00 bits per heavy atom. The lowest BCUT2D eigenvalue weighted by molar-refractivity contribution is 0.102. The summed E-state index contributed by atoms with van der Waals surface area (Å²) in [6, 6.07) is 21.0. The molecule has 0 spiro atoms. The summed E-state index contributed by atoms with van der Waals surface area (Å²) in [5.74, 6) is -0.240. The number of nitrogens with zero attached hydrogens (tertiary/aromatic N) is 5. The third-order valence-corrected chi connectivity index (χ3v) is 6.36. The van der Waals surface area contributed by atoms with Gasteiger partial charge in [0, 0.05) is 34.7 Å². The predicted molar refractivity (Wildman–Crippen MR) is 125 cm³/mol. The molecule has 0 atom stereocenters. The zero-order valence-electron chi connectivity index (χ0n) is 16.6. The minimum Gasteiger partial charge on any atom is -0.322 e. The van der Waals surface area contributed by atoms with Crippen molar-refractivity contribution in [1.82, 2.24) is 25.0 Å². The highest BCUT2D eigenvalue weighted by molar-refractivity contribution is 8.01. The zero-order valence-corrected chi connectivity index (χ0v) is 18.3. The highest BCUT2D eigenvalue weighted by Crippen LogP contribution is 2.29. The predicted octanol–water partition coefficient (Wildman–Crippen LogP) is 5.19. The van der Waals surface area contributed by atoms with Crippen LogP contribution < -0.4 is 5.32 Å². The lowest BCUT2D eigenvalue weighted by Gasteiger charge is -2.06. The summed E-state index contributed by atoms with van der Waals surface area (Å²) in [7, 11) is 0. The molecule has 1 amide bonds. The number of nitrogens with one attached hydrogen (secondary N) is 1. The van der Waals surface area contributed by atoms with Gasteiger partial charge in [-0.25, -0.2) is 4.68 Å². The van der Waals surface area contributed by atoms with Gasteiger partial charge in [-0.15, -0.1) is 10.2 Å². The average molecular weight is 457 g/mol. The number of carbonyl (C=O) groups is 1. The normalized spacial score (nSPS) is 10.8. The van der Waals surface area contributed by atoms with Crippen molar-refractivity contribution in [1.29, 1.82) is 0 Å². The van der Waals surface area contributed by atoms with Crippen LogP contribution in [0.3, 0.4) is 0 Å². The number of rotatable bonds is 6. The van der Waals surface area contributed by atoms with Gasteiger partial charge in [0.1, 0.15) is 11.2 Å². The first-order valence-electron chi connectivity index (χ1n) is 9.67. The van der Waals surface area contributed by atoms with Crippen LogP contribution in [-0.2, 0) is 0 Å². The topological polar surface area (TPSA) is 85.6 Å². The van der Waals surface area contributed by atoms with Gasteiger partial charge in [-0.05, 0) is 48.5 Å². The first kappa shape index (κ1) is 20.1. The van der Waals surface area contributed by atoms with Crippen LogP contribution in [0.15, 0.2) is 100 Å². The number of carbonyl (C=O) groups excluding carboxylic acids is 1. The number of anilines is 1. The van der Waals surface area contributed by atoms with Gasteiger partial charge in [-0.3, -0.25) is 9.78 Å². The van der Waals surface area contributed by atoms with Crippen molar-refractivity contribution in [2.45, 2.75) is 9.24 Å². The Kier molecular flexibility index (Phi) is 5.73. The van der Waals surface area contributed by atoms with Gasteiger partial charge in [-0.2, -0.15) is 5.10 Å². The fourth-order valence-electron chi connectivity index (χ4n) is 3.08. The van der Waals surface area contributed by atoms with E-state index in [1.54, 1.807) is 28.8 Å². The van der Waals surface area contributed by atoms with E-state index in [1.807, 2.05) is 66.7 Å². The molecule has 0 saturated carbocycles. The summed E-state index contributed by atoms with van der Waals surface area (Å²) in [4.78, 5) is 18.4. The van der Waals surface area contributed by atoms with Gasteiger partial charge in [0.05, 0.1) is 11.3 Å². The van der Waals surface area contributed by atoms with Crippen LogP contribution in [0.25, 0.3) is 16.9 Å². The molecule has 2 aromatic carbocycles. The summed E-state index contributed by atoms with van der Waals surface area (Å²) < 4.78 is 2.58. The number of benzene rings is 2. The van der Waals surface area contributed by atoms with Gasteiger partial charge < -0.3 is 5.32 Å². The Balaban J connectivity index is 1.42. The molecule has 5 aromatic rings. The second-order valence-corrected chi connectivity index (χ2v) is 8.85. The number of hydrogen-bond donors (Lipinski definition) is 1. The van der Waals surface area contributed by atoms with Crippen LogP contribution in [0.5, 0.6) is 0 Å². The van der Waals surface area contributed by atoms with Crippen molar-refractivity contribution in [3.8, 4) is 16.9 Å². The summed E-state index contributed by atoms with van der Waals surface area (Å²) in [5.41, 5.74) is 5.08. The van der Waals surface area contributed by atoms with Gasteiger partial charge in [-0.1, -0.05) is 41.3 Å². The molecule has 9 heteroatoms. The molecule has 5 rings (SSSR count). The van der Waals surface area contributed by atoms with Crippen LogP contribution in [0.4, 0.5) is 5.69 Å².